The molecule has 4 aromatic rings. The predicted octanol–water partition coefficient (Wildman–Crippen LogP) is 3.31. The molecule has 0 saturated heterocycles. The summed E-state index contributed by atoms with van der Waals surface area (Å²) in [4.78, 5) is 16.5. The van der Waals surface area contributed by atoms with Gasteiger partial charge in [0, 0.05) is 30.8 Å². The summed E-state index contributed by atoms with van der Waals surface area (Å²) in [5, 5.41) is 10.9. The fourth-order valence-corrected chi connectivity index (χ4v) is 3.35. The van der Waals surface area contributed by atoms with E-state index in [9.17, 15) is 4.79 Å². The van der Waals surface area contributed by atoms with Crippen molar-refractivity contribution in [3.05, 3.63) is 83.0 Å². The fraction of sp³-hybridized carbons (Fsp3) is 0.208. The third-order valence-corrected chi connectivity index (χ3v) is 5.28. The summed E-state index contributed by atoms with van der Waals surface area (Å²) in [5.74, 6) is 0.633. The van der Waals surface area contributed by atoms with Gasteiger partial charge in [-0.25, -0.2) is 9.50 Å². The molecule has 7 nitrogen and oxygen atoms in total. The number of hydrogen-bond donors (Lipinski definition) is 3. The molecule has 0 aliphatic heterocycles. The van der Waals surface area contributed by atoms with E-state index in [1.165, 1.54) is 16.7 Å². The van der Waals surface area contributed by atoms with Crippen molar-refractivity contribution in [2.45, 2.75) is 20.4 Å². The maximum Gasteiger partial charge on any atom is 0.251 e. The molecule has 0 radical (unpaired) electrons. The number of hydrogen-bond acceptors (Lipinski definition) is 5. The van der Waals surface area contributed by atoms with Crippen LogP contribution in [0.25, 0.3) is 16.9 Å². The van der Waals surface area contributed by atoms with Crippen LogP contribution in [0.5, 0.6) is 0 Å². The van der Waals surface area contributed by atoms with Gasteiger partial charge in [-0.05, 0) is 54.8 Å². The van der Waals surface area contributed by atoms with Gasteiger partial charge < -0.3 is 16.4 Å². The minimum atomic E-state index is -0.133. The summed E-state index contributed by atoms with van der Waals surface area (Å²) < 4.78 is 1.81. The second-order valence-electron chi connectivity index (χ2n) is 7.53. The number of nitrogens with zero attached hydrogens (tertiary/aromatic N) is 3. The maximum absolute atomic E-state index is 12.1. The Morgan fingerprint density at radius 3 is 2.58 bits per heavy atom. The average molecular weight is 415 g/mol. The van der Waals surface area contributed by atoms with Crippen LogP contribution < -0.4 is 16.4 Å². The molecule has 158 valence electrons. The number of aryl methyl sites for hydroxylation is 2. The van der Waals surface area contributed by atoms with Crippen LogP contribution in [0.4, 0.5) is 5.82 Å². The highest BCUT2D eigenvalue weighted by atomic mass is 16.1. The Bertz CT molecular complexity index is 1210. The lowest BCUT2D eigenvalue weighted by atomic mass is 10.1. The minimum absolute atomic E-state index is 0.133. The Kier molecular flexibility index (Phi) is 5.95. The van der Waals surface area contributed by atoms with Crippen LogP contribution in [0.1, 0.15) is 27.0 Å². The van der Waals surface area contributed by atoms with Gasteiger partial charge in [0.1, 0.15) is 5.82 Å². The van der Waals surface area contributed by atoms with Crippen molar-refractivity contribution in [1.29, 1.82) is 0 Å². The van der Waals surface area contributed by atoms with Crippen molar-refractivity contribution in [3.63, 3.8) is 0 Å². The Morgan fingerprint density at radius 2 is 1.84 bits per heavy atom. The van der Waals surface area contributed by atoms with Gasteiger partial charge in [0.25, 0.3) is 5.91 Å². The number of amides is 1. The topological polar surface area (TPSA) is 97.3 Å². The number of imidazole rings is 1. The fourth-order valence-electron chi connectivity index (χ4n) is 3.35. The Hall–Kier alpha value is -3.71. The molecule has 2 heterocycles. The van der Waals surface area contributed by atoms with Gasteiger partial charge in [0.05, 0.1) is 11.9 Å². The highest BCUT2D eigenvalue weighted by Crippen LogP contribution is 2.22. The zero-order valence-electron chi connectivity index (χ0n) is 17.7. The number of fused-ring (bicyclic) bond motifs is 1. The third kappa shape index (κ3) is 4.57. The van der Waals surface area contributed by atoms with Crippen molar-refractivity contribution in [1.82, 2.24) is 19.9 Å². The van der Waals surface area contributed by atoms with E-state index in [0.29, 0.717) is 25.2 Å². The lowest BCUT2D eigenvalue weighted by molar-refractivity contribution is 0.0955. The number of rotatable bonds is 7. The van der Waals surface area contributed by atoms with Crippen LogP contribution in [-0.4, -0.2) is 33.6 Å². The molecule has 0 aliphatic rings. The molecular formula is C24H26N6O. The molecule has 1 amide bonds. The smallest absolute Gasteiger partial charge is 0.251 e. The molecule has 4 rings (SSSR count). The molecular weight excluding hydrogens is 388 g/mol. The van der Waals surface area contributed by atoms with Crippen molar-refractivity contribution >= 4 is 17.4 Å². The van der Waals surface area contributed by atoms with Crippen LogP contribution in [0.3, 0.4) is 0 Å². The Balaban J connectivity index is 1.54. The van der Waals surface area contributed by atoms with E-state index in [2.05, 4.69) is 47.7 Å². The quantitative estimate of drug-likeness (QED) is 0.431. The molecule has 0 atom stereocenters. The first-order chi connectivity index (χ1) is 15.0. The second-order valence-corrected chi connectivity index (χ2v) is 7.53. The lowest BCUT2D eigenvalue weighted by Gasteiger charge is -2.09. The van der Waals surface area contributed by atoms with Gasteiger partial charge in [-0.15, -0.1) is 5.10 Å². The molecule has 0 saturated carbocycles. The van der Waals surface area contributed by atoms with Crippen LogP contribution in [0.2, 0.25) is 0 Å². The van der Waals surface area contributed by atoms with E-state index in [0.717, 1.165) is 22.7 Å². The minimum Gasteiger partial charge on any atom is -0.365 e. The van der Waals surface area contributed by atoms with E-state index >= 15 is 0 Å². The molecule has 0 aliphatic carbocycles. The van der Waals surface area contributed by atoms with Crippen LogP contribution in [0, 0.1) is 13.8 Å². The van der Waals surface area contributed by atoms with E-state index in [1.54, 1.807) is 18.3 Å². The normalized spacial score (nSPS) is 10.9. The molecule has 0 fully saturated rings. The summed E-state index contributed by atoms with van der Waals surface area (Å²) >= 11 is 0. The summed E-state index contributed by atoms with van der Waals surface area (Å²) in [6.07, 6.45) is 1.79. The van der Waals surface area contributed by atoms with E-state index in [1.807, 2.05) is 28.8 Å². The number of carbonyl (C=O) groups excluding carboxylic acids is 1. The molecule has 0 bridgehead atoms. The Morgan fingerprint density at radius 1 is 1.03 bits per heavy atom. The number of carbonyl (C=O) groups is 1. The zero-order chi connectivity index (χ0) is 21.8. The van der Waals surface area contributed by atoms with Crippen LogP contribution >= 0.6 is 0 Å². The Labute approximate surface area is 181 Å². The molecule has 7 heteroatoms. The highest BCUT2D eigenvalue weighted by molar-refractivity contribution is 5.94. The standard InChI is InChI=1S/C24H26N6O/c1-16-3-4-18(13-17(16)2)14-27-22-9-10-23-28-15-21(30(23)29-22)19-5-7-20(8-6-19)24(31)26-12-11-25/h3-10,13,15H,11-12,14,25H2,1-2H3,(H,26,31)(H,27,29). The van der Waals surface area contributed by atoms with E-state index in [-0.39, 0.29) is 5.91 Å². The average Bonchev–Trinajstić information content (AvgIpc) is 3.21. The lowest BCUT2D eigenvalue weighted by Crippen LogP contribution is -2.28. The zero-order valence-corrected chi connectivity index (χ0v) is 17.7. The SMILES string of the molecule is Cc1ccc(CNc2ccc3ncc(-c4ccc(C(=O)NCCN)cc4)n3n2)cc1C. The van der Waals surface area contributed by atoms with Gasteiger partial charge in [0.2, 0.25) is 0 Å². The van der Waals surface area contributed by atoms with Crippen molar-refractivity contribution in [3.8, 4) is 11.3 Å². The number of aromatic nitrogens is 3. The highest BCUT2D eigenvalue weighted by Gasteiger charge is 2.10. The predicted molar refractivity (Wildman–Crippen MR) is 123 cm³/mol. The van der Waals surface area contributed by atoms with Crippen molar-refractivity contribution in [2.24, 2.45) is 5.73 Å². The third-order valence-electron chi connectivity index (χ3n) is 5.28. The first-order valence-electron chi connectivity index (χ1n) is 10.3. The summed E-state index contributed by atoms with van der Waals surface area (Å²) in [6.45, 7) is 5.79. The van der Waals surface area contributed by atoms with Crippen LogP contribution in [-0.2, 0) is 6.54 Å². The van der Waals surface area contributed by atoms with Crippen molar-refractivity contribution in [2.75, 3.05) is 18.4 Å². The second kappa shape index (κ2) is 8.97. The first kappa shape index (κ1) is 20.6. The van der Waals surface area contributed by atoms with Gasteiger partial charge in [-0.3, -0.25) is 4.79 Å². The van der Waals surface area contributed by atoms with Gasteiger partial charge in [0.15, 0.2) is 5.65 Å². The summed E-state index contributed by atoms with van der Waals surface area (Å²) in [5.41, 5.74) is 12.4. The number of anilines is 1. The molecule has 4 N–H and O–H groups in total. The van der Waals surface area contributed by atoms with E-state index in [4.69, 9.17) is 10.8 Å². The van der Waals surface area contributed by atoms with Gasteiger partial charge in [-0.2, -0.15) is 0 Å². The van der Waals surface area contributed by atoms with Crippen molar-refractivity contribution < 1.29 is 4.79 Å². The van der Waals surface area contributed by atoms with Crippen LogP contribution in [0.15, 0.2) is 60.8 Å². The monoisotopic (exact) mass is 414 g/mol. The summed E-state index contributed by atoms with van der Waals surface area (Å²) in [6, 6.07) is 17.7. The maximum atomic E-state index is 12.1. The largest absolute Gasteiger partial charge is 0.365 e. The molecule has 31 heavy (non-hydrogen) atoms. The van der Waals surface area contributed by atoms with Gasteiger partial charge in [-0.1, -0.05) is 30.3 Å². The van der Waals surface area contributed by atoms with Gasteiger partial charge >= 0.3 is 0 Å². The first-order valence-corrected chi connectivity index (χ1v) is 10.3. The number of nitrogens with two attached hydrogens (primary N) is 1. The molecule has 0 spiro atoms. The molecule has 2 aromatic heterocycles. The number of benzene rings is 2. The molecule has 0 unspecified atom stereocenters. The summed E-state index contributed by atoms with van der Waals surface area (Å²) in [7, 11) is 0. The molecule has 2 aromatic carbocycles. The number of nitrogens with one attached hydrogen (secondary N) is 2. The van der Waals surface area contributed by atoms with E-state index < -0.39 is 0 Å².